The summed E-state index contributed by atoms with van der Waals surface area (Å²) in [6.07, 6.45) is 1.27. The van der Waals surface area contributed by atoms with Crippen LogP contribution >= 0.6 is 0 Å². The number of rotatable bonds is 4. The van der Waals surface area contributed by atoms with Gasteiger partial charge >= 0.3 is 0 Å². The lowest BCUT2D eigenvalue weighted by atomic mass is 10.0. The average molecular weight is 275 g/mol. The molecule has 9 heteroatoms. The van der Waals surface area contributed by atoms with Gasteiger partial charge in [-0.25, -0.2) is 8.42 Å². The Bertz CT molecular complexity index is 541. The number of amidine groups is 1. The predicted molar refractivity (Wildman–Crippen MR) is 68.0 cm³/mol. The molecule has 18 heavy (non-hydrogen) atoms. The van der Waals surface area contributed by atoms with Crippen molar-refractivity contribution in [2.75, 3.05) is 10.5 Å². The van der Waals surface area contributed by atoms with E-state index in [4.69, 9.17) is 10.9 Å². The Hall–Kier alpha value is -1.77. The molecule has 0 aromatic carbocycles. The maximum atomic E-state index is 11.9. The van der Waals surface area contributed by atoms with Gasteiger partial charge < -0.3 is 10.9 Å². The first-order chi connectivity index (χ1) is 8.14. The van der Waals surface area contributed by atoms with E-state index in [-0.39, 0.29) is 28.4 Å². The highest BCUT2D eigenvalue weighted by atomic mass is 32.2. The van der Waals surface area contributed by atoms with Crippen LogP contribution < -0.4 is 10.5 Å². The Morgan fingerprint density at radius 1 is 1.61 bits per heavy atom. The van der Waals surface area contributed by atoms with Crippen LogP contribution in [-0.2, 0) is 10.0 Å². The number of nitrogens with zero attached hydrogens (tertiary/aromatic N) is 2. The lowest BCUT2D eigenvalue weighted by molar-refractivity contribution is 0.318. The van der Waals surface area contributed by atoms with Crippen molar-refractivity contribution in [1.82, 2.24) is 10.2 Å². The lowest BCUT2D eigenvalue weighted by Crippen LogP contribution is -2.27. The minimum atomic E-state index is -3.54. The van der Waals surface area contributed by atoms with Crippen molar-refractivity contribution in [3.63, 3.8) is 0 Å². The van der Waals surface area contributed by atoms with Crippen LogP contribution in [0.4, 0.5) is 5.82 Å². The van der Waals surface area contributed by atoms with Gasteiger partial charge in [0.05, 0.1) is 17.5 Å². The number of anilines is 1. The van der Waals surface area contributed by atoms with Crippen molar-refractivity contribution in [1.29, 1.82) is 0 Å². The van der Waals surface area contributed by atoms with Crippen LogP contribution in [0, 0.1) is 5.41 Å². The third-order valence-corrected chi connectivity index (χ3v) is 3.66. The van der Waals surface area contributed by atoms with Crippen LogP contribution in [0.15, 0.2) is 11.4 Å². The van der Waals surface area contributed by atoms with Crippen molar-refractivity contribution in [2.24, 2.45) is 16.3 Å². The van der Waals surface area contributed by atoms with Gasteiger partial charge in [-0.15, -0.1) is 0 Å². The van der Waals surface area contributed by atoms with E-state index in [1.807, 2.05) is 20.8 Å². The molecule has 1 rings (SSSR count). The van der Waals surface area contributed by atoms with Gasteiger partial charge in [0.1, 0.15) is 5.82 Å². The number of aromatic nitrogens is 2. The molecule has 5 N–H and O–H groups in total. The summed E-state index contributed by atoms with van der Waals surface area (Å²) in [6, 6.07) is 0. The minimum Gasteiger partial charge on any atom is -0.409 e. The molecule has 0 amide bonds. The zero-order valence-electron chi connectivity index (χ0n) is 10.4. The van der Waals surface area contributed by atoms with Crippen molar-refractivity contribution in [3.8, 4) is 0 Å². The monoisotopic (exact) mass is 275 g/mol. The number of sulfonamides is 1. The van der Waals surface area contributed by atoms with Crippen LogP contribution in [0.2, 0.25) is 0 Å². The van der Waals surface area contributed by atoms with E-state index in [0.29, 0.717) is 0 Å². The Balaban J connectivity index is 2.96. The van der Waals surface area contributed by atoms with Crippen molar-refractivity contribution >= 4 is 21.7 Å². The number of oxime groups is 1. The molecule has 8 nitrogen and oxygen atoms in total. The standard InChI is InChI=1S/C9H17N5O3S/c1-9(2,3)5-18(16,17)14-8-6(4-11-12-8)7(10)13-15/h4,15H,5H2,1-3H3,(H2,10,13)(H2,11,12,14). The number of nitrogens with one attached hydrogen (secondary N) is 2. The summed E-state index contributed by atoms with van der Waals surface area (Å²) in [7, 11) is -3.54. The largest absolute Gasteiger partial charge is 0.409 e. The molecule has 0 fully saturated rings. The van der Waals surface area contributed by atoms with Gasteiger partial charge in [0.15, 0.2) is 5.84 Å². The Morgan fingerprint density at radius 2 is 2.22 bits per heavy atom. The Labute approximate surface area is 105 Å². The third kappa shape index (κ3) is 3.91. The van der Waals surface area contributed by atoms with E-state index in [1.165, 1.54) is 6.20 Å². The van der Waals surface area contributed by atoms with E-state index in [1.54, 1.807) is 0 Å². The molecule has 102 valence electrons. The van der Waals surface area contributed by atoms with Crippen LogP contribution in [0.25, 0.3) is 0 Å². The first kappa shape index (κ1) is 14.3. The van der Waals surface area contributed by atoms with Crippen LogP contribution in [-0.4, -0.2) is 35.4 Å². The fourth-order valence-corrected chi connectivity index (χ4v) is 3.05. The molecule has 0 aliphatic carbocycles. The average Bonchev–Trinajstić information content (AvgIpc) is 2.59. The Kier molecular flexibility index (Phi) is 3.85. The molecule has 0 spiro atoms. The predicted octanol–water partition coefficient (Wildman–Crippen LogP) is 0.292. The molecule has 0 radical (unpaired) electrons. The topological polar surface area (TPSA) is 133 Å². The molecular weight excluding hydrogens is 258 g/mol. The molecule has 0 bridgehead atoms. The number of aromatic amines is 1. The maximum absolute atomic E-state index is 11.9. The van der Waals surface area contributed by atoms with Crippen LogP contribution in [0.1, 0.15) is 26.3 Å². The molecule has 0 atom stereocenters. The van der Waals surface area contributed by atoms with Gasteiger partial charge in [0.2, 0.25) is 10.0 Å². The third-order valence-electron chi connectivity index (χ3n) is 1.90. The zero-order valence-corrected chi connectivity index (χ0v) is 11.2. The molecule has 0 aliphatic rings. The van der Waals surface area contributed by atoms with E-state index < -0.39 is 10.0 Å². The second kappa shape index (κ2) is 4.84. The van der Waals surface area contributed by atoms with Gasteiger partial charge in [-0.3, -0.25) is 9.82 Å². The van der Waals surface area contributed by atoms with E-state index in [9.17, 15) is 8.42 Å². The fraction of sp³-hybridized carbons (Fsp3) is 0.556. The van der Waals surface area contributed by atoms with E-state index in [2.05, 4.69) is 20.1 Å². The maximum Gasteiger partial charge on any atom is 0.234 e. The summed E-state index contributed by atoms with van der Waals surface area (Å²) in [4.78, 5) is 0. The SMILES string of the molecule is CC(C)(C)CS(=O)(=O)Nc1[nH]ncc1C(N)=NO. The molecule has 0 saturated carbocycles. The highest BCUT2D eigenvalue weighted by molar-refractivity contribution is 7.92. The summed E-state index contributed by atoms with van der Waals surface area (Å²) in [5.74, 6) is -0.207. The second-order valence-electron chi connectivity index (χ2n) is 5.07. The number of H-pyrrole nitrogens is 1. The molecule has 0 saturated heterocycles. The second-order valence-corrected chi connectivity index (χ2v) is 6.79. The zero-order chi connectivity index (χ0) is 14.0. The lowest BCUT2D eigenvalue weighted by Gasteiger charge is -2.18. The normalized spacial score (nSPS) is 13.6. The molecule has 0 unspecified atom stereocenters. The van der Waals surface area contributed by atoms with Gasteiger partial charge in [0.25, 0.3) is 0 Å². The van der Waals surface area contributed by atoms with E-state index in [0.717, 1.165) is 0 Å². The van der Waals surface area contributed by atoms with Gasteiger partial charge in [-0.2, -0.15) is 5.10 Å². The fourth-order valence-electron chi connectivity index (χ4n) is 1.37. The molecule has 1 aromatic rings. The summed E-state index contributed by atoms with van der Waals surface area (Å²) in [6.45, 7) is 5.43. The van der Waals surface area contributed by atoms with E-state index >= 15 is 0 Å². The first-order valence-corrected chi connectivity index (χ1v) is 6.81. The summed E-state index contributed by atoms with van der Waals surface area (Å²) >= 11 is 0. The highest BCUT2D eigenvalue weighted by Gasteiger charge is 2.23. The molecule has 1 heterocycles. The van der Waals surface area contributed by atoms with Gasteiger partial charge in [-0.1, -0.05) is 25.9 Å². The summed E-state index contributed by atoms with van der Waals surface area (Å²) in [5, 5.41) is 17.5. The number of hydrogen-bond acceptors (Lipinski definition) is 5. The van der Waals surface area contributed by atoms with Crippen LogP contribution in [0.3, 0.4) is 0 Å². The van der Waals surface area contributed by atoms with Crippen molar-refractivity contribution in [2.45, 2.75) is 20.8 Å². The van der Waals surface area contributed by atoms with Gasteiger partial charge in [-0.05, 0) is 5.41 Å². The minimum absolute atomic E-state index is 0.0609. The highest BCUT2D eigenvalue weighted by Crippen LogP contribution is 2.19. The summed E-state index contributed by atoms with van der Waals surface area (Å²) in [5.41, 5.74) is 5.19. The smallest absolute Gasteiger partial charge is 0.234 e. The number of nitrogens with two attached hydrogens (primary N) is 1. The quantitative estimate of drug-likeness (QED) is 0.271. The van der Waals surface area contributed by atoms with Crippen molar-refractivity contribution in [3.05, 3.63) is 11.8 Å². The van der Waals surface area contributed by atoms with Gasteiger partial charge in [0, 0.05) is 0 Å². The molecule has 1 aromatic heterocycles. The molecule has 0 aliphatic heterocycles. The summed E-state index contributed by atoms with van der Waals surface area (Å²) < 4.78 is 26.1. The molecular formula is C9H17N5O3S. The Morgan fingerprint density at radius 3 is 2.72 bits per heavy atom. The van der Waals surface area contributed by atoms with Crippen LogP contribution in [0.5, 0.6) is 0 Å². The van der Waals surface area contributed by atoms with Crippen molar-refractivity contribution < 1.29 is 13.6 Å². The first-order valence-electron chi connectivity index (χ1n) is 5.16. The number of hydrogen-bond donors (Lipinski definition) is 4.